The SMILES string of the molecule is COc1cc(CN2CCNCC2c2ccncc2)ccc1OCc1cccs1.Cl. The second kappa shape index (κ2) is 10.6. The van der Waals surface area contributed by atoms with E-state index in [-0.39, 0.29) is 12.4 Å². The Morgan fingerprint density at radius 2 is 2.03 bits per heavy atom. The lowest BCUT2D eigenvalue weighted by Gasteiger charge is -2.36. The van der Waals surface area contributed by atoms with Crippen molar-refractivity contribution in [1.29, 1.82) is 0 Å². The van der Waals surface area contributed by atoms with Crippen molar-refractivity contribution in [2.45, 2.75) is 19.2 Å². The second-order valence-electron chi connectivity index (χ2n) is 6.82. The fraction of sp³-hybridized carbons (Fsp3) is 0.318. The second-order valence-corrected chi connectivity index (χ2v) is 7.86. The zero-order valence-corrected chi connectivity index (χ0v) is 18.0. The van der Waals surface area contributed by atoms with Crippen molar-refractivity contribution in [1.82, 2.24) is 15.2 Å². The quantitative estimate of drug-likeness (QED) is 0.604. The first-order chi connectivity index (χ1) is 13.8. The van der Waals surface area contributed by atoms with E-state index in [0.29, 0.717) is 12.6 Å². The van der Waals surface area contributed by atoms with Gasteiger partial charge in [0.05, 0.1) is 7.11 Å². The minimum Gasteiger partial charge on any atom is -0.493 e. The van der Waals surface area contributed by atoms with E-state index in [1.165, 1.54) is 16.0 Å². The number of rotatable bonds is 7. The van der Waals surface area contributed by atoms with Crippen LogP contribution in [0, 0.1) is 0 Å². The van der Waals surface area contributed by atoms with E-state index in [2.05, 4.69) is 50.9 Å². The van der Waals surface area contributed by atoms with Crippen LogP contribution in [0.5, 0.6) is 11.5 Å². The number of hydrogen-bond donors (Lipinski definition) is 1. The van der Waals surface area contributed by atoms with Crippen molar-refractivity contribution in [3.63, 3.8) is 0 Å². The molecule has 0 saturated carbocycles. The first-order valence-corrected chi connectivity index (χ1v) is 10.4. The Morgan fingerprint density at radius 1 is 1.17 bits per heavy atom. The average Bonchev–Trinajstić information content (AvgIpc) is 3.27. The Balaban J connectivity index is 0.00000240. The highest BCUT2D eigenvalue weighted by Gasteiger charge is 2.24. The predicted molar refractivity (Wildman–Crippen MR) is 119 cm³/mol. The van der Waals surface area contributed by atoms with Gasteiger partial charge in [0.15, 0.2) is 11.5 Å². The van der Waals surface area contributed by atoms with Gasteiger partial charge in [0.25, 0.3) is 0 Å². The first kappa shape index (κ1) is 21.6. The summed E-state index contributed by atoms with van der Waals surface area (Å²) in [4.78, 5) is 7.86. The molecule has 7 heteroatoms. The lowest BCUT2D eigenvalue weighted by atomic mass is 10.0. The van der Waals surface area contributed by atoms with Crippen molar-refractivity contribution < 1.29 is 9.47 Å². The molecule has 0 spiro atoms. The summed E-state index contributed by atoms with van der Waals surface area (Å²) >= 11 is 1.70. The maximum atomic E-state index is 5.96. The fourth-order valence-electron chi connectivity index (χ4n) is 3.56. The Bertz CT molecular complexity index is 877. The van der Waals surface area contributed by atoms with E-state index in [1.807, 2.05) is 24.5 Å². The van der Waals surface area contributed by atoms with Crippen molar-refractivity contribution >= 4 is 23.7 Å². The molecule has 0 radical (unpaired) electrons. The van der Waals surface area contributed by atoms with Crippen LogP contribution in [0.15, 0.2) is 60.2 Å². The average molecular weight is 432 g/mol. The maximum Gasteiger partial charge on any atom is 0.161 e. The molecule has 29 heavy (non-hydrogen) atoms. The summed E-state index contributed by atoms with van der Waals surface area (Å²) in [6.45, 7) is 4.39. The van der Waals surface area contributed by atoms with Gasteiger partial charge in [-0.3, -0.25) is 9.88 Å². The fourth-order valence-corrected chi connectivity index (χ4v) is 4.17. The summed E-state index contributed by atoms with van der Waals surface area (Å²) in [5.74, 6) is 1.57. The van der Waals surface area contributed by atoms with Gasteiger partial charge in [-0.15, -0.1) is 23.7 Å². The summed E-state index contributed by atoms with van der Waals surface area (Å²) in [6.07, 6.45) is 3.73. The molecule has 0 bridgehead atoms. The molecule has 1 fully saturated rings. The number of nitrogens with zero attached hydrogens (tertiary/aromatic N) is 2. The van der Waals surface area contributed by atoms with Crippen molar-refractivity contribution in [2.24, 2.45) is 0 Å². The molecule has 2 aromatic heterocycles. The topological polar surface area (TPSA) is 46.6 Å². The van der Waals surface area contributed by atoms with Crippen molar-refractivity contribution in [3.8, 4) is 11.5 Å². The van der Waals surface area contributed by atoms with Gasteiger partial charge in [-0.05, 0) is 46.8 Å². The highest BCUT2D eigenvalue weighted by molar-refractivity contribution is 7.09. The van der Waals surface area contributed by atoms with E-state index >= 15 is 0 Å². The van der Waals surface area contributed by atoms with Crippen molar-refractivity contribution in [2.75, 3.05) is 26.7 Å². The van der Waals surface area contributed by atoms with E-state index in [0.717, 1.165) is 37.7 Å². The Labute approximate surface area is 182 Å². The van der Waals surface area contributed by atoms with E-state index < -0.39 is 0 Å². The number of pyridine rings is 1. The summed E-state index contributed by atoms with van der Waals surface area (Å²) in [5.41, 5.74) is 2.52. The largest absolute Gasteiger partial charge is 0.493 e. The van der Waals surface area contributed by atoms with Gasteiger partial charge in [-0.25, -0.2) is 0 Å². The molecule has 0 aliphatic carbocycles. The number of piperazine rings is 1. The molecule has 1 atom stereocenters. The predicted octanol–water partition coefficient (Wildman–Crippen LogP) is 4.30. The highest BCUT2D eigenvalue weighted by Crippen LogP contribution is 2.31. The van der Waals surface area contributed by atoms with Gasteiger partial charge in [0, 0.05) is 49.5 Å². The van der Waals surface area contributed by atoms with E-state index in [9.17, 15) is 0 Å². The van der Waals surface area contributed by atoms with Gasteiger partial charge in [-0.2, -0.15) is 0 Å². The number of thiophene rings is 1. The third-order valence-corrected chi connectivity index (χ3v) is 5.86. The van der Waals surface area contributed by atoms with Crippen LogP contribution in [-0.2, 0) is 13.2 Å². The third kappa shape index (κ3) is 5.48. The standard InChI is InChI=1S/C22H25N3O2S.ClH/c1-26-22-13-17(4-5-21(22)27-16-19-3-2-12-28-19)15-25-11-10-24-14-20(25)18-6-8-23-9-7-18;/h2-9,12-13,20,24H,10-11,14-16H2,1H3;1H. The Morgan fingerprint density at radius 3 is 2.79 bits per heavy atom. The number of nitrogens with one attached hydrogen (secondary N) is 1. The number of methoxy groups -OCH3 is 1. The van der Waals surface area contributed by atoms with Crippen molar-refractivity contribution in [3.05, 3.63) is 76.2 Å². The molecule has 5 nitrogen and oxygen atoms in total. The van der Waals surface area contributed by atoms with Crippen LogP contribution in [0.2, 0.25) is 0 Å². The number of hydrogen-bond acceptors (Lipinski definition) is 6. The minimum absolute atomic E-state index is 0. The Kier molecular flexibility index (Phi) is 7.89. The first-order valence-electron chi connectivity index (χ1n) is 9.50. The number of ether oxygens (including phenoxy) is 2. The molecule has 154 valence electrons. The zero-order valence-electron chi connectivity index (χ0n) is 16.4. The van der Waals surface area contributed by atoms with E-state index in [1.54, 1.807) is 18.4 Å². The molecule has 3 heterocycles. The molecule has 1 aromatic carbocycles. The molecule has 1 N–H and O–H groups in total. The summed E-state index contributed by atoms with van der Waals surface area (Å²) < 4.78 is 11.6. The molecule has 1 saturated heterocycles. The van der Waals surface area contributed by atoms with Crippen LogP contribution in [0.1, 0.15) is 22.0 Å². The van der Waals surface area contributed by atoms with Crippen LogP contribution in [0.4, 0.5) is 0 Å². The van der Waals surface area contributed by atoms with Crippen LogP contribution in [0.25, 0.3) is 0 Å². The molecule has 4 rings (SSSR count). The number of aromatic nitrogens is 1. The molecular formula is C22H26ClN3O2S. The highest BCUT2D eigenvalue weighted by atomic mass is 35.5. The monoisotopic (exact) mass is 431 g/mol. The van der Waals surface area contributed by atoms with Gasteiger partial charge >= 0.3 is 0 Å². The summed E-state index contributed by atoms with van der Waals surface area (Å²) in [7, 11) is 1.70. The Hall–Kier alpha value is -2.12. The molecular weight excluding hydrogens is 406 g/mol. The van der Waals surface area contributed by atoms with Crippen LogP contribution >= 0.6 is 23.7 Å². The van der Waals surface area contributed by atoms with Gasteiger partial charge in [0.1, 0.15) is 6.61 Å². The number of halogens is 1. The summed E-state index contributed by atoms with van der Waals surface area (Å²) in [5, 5.41) is 5.57. The molecule has 1 aliphatic rings. The van der Waals surface area contributed by atoms with Gasteiger partial charge < -0.3 is 14.8 Å². The van der Waals surface area contributed by atoms with Crippen LogP contribution < -0.4 is 14.8 Å². The molecule has 3 aromatic rings. The number of benzene rings is 1. The summed E-state index contributed by atoms with van der Waals surface area (Å²) in [6, 6.07) is 14.9. The normalized spacial score (nSPS) is 16.8. The van der Waals surface area contributed by atoms with E-state index in [4.69, 9.17) is 9.47 Å². The third-order valence-electron chi connectivity index (χ3n) is 5.01. The smallest absolute Gasteiger partial charge is 0.161 e. The molecule has 0 amide bonds. The van der Waals surface area contributed by atoms with Crippen LogP contribution in [-0.4, -0.2) is 36.6 Å². The van der Waals surface area contributed by atoms with Crippen LogP contribution in [0.3, 0.4) is 0 Å². The minimum atomic E-state index is 0. The lowest BCUT2D eigenvalue weighted by molar-refractivity contribution is 0.153. The molecule has 1 aliphatic heterocycles. The maximum absolute atomic E-state index is 5.96. The molecule has 1 unspecified atom stereocenters. The van der Waals surface area contributed by atoms with Gasteiger partial charge in [-0.1, -0.05) is 12.1 Å². The van der Waals surface area contributed by atoms with Gasteiger partial charge in [0.2, 0.25) is 0 Å². The lowest BCUT2D eigenvalue weighted by Crippen LogP contribution is -2.45. The zero-order chi connectivity index (χ0) is 19.2.